The Morgan fingerprint density at radius 3 is 2.58 bits per heavy atom. The van der Waals surface area contributed by atoms with Crippen LogP contribution in [-0.4, -0.2) is 32.5 Å². The van der Waals surface area contributed by atoms with E-state index in [2.05, 4.69) is 23.9 Å². The zero-order chi connectivity index (χ0) is 24.9. The van der Waals surface area contributed by atoms with Gasteiger partial charge in [0.05, 0.1) is 12.7 Å². The van der Waals surface area contributed by atoms with Crippen LogP contribution < -0.4 is 14.2 Å². The standard InChI is InChI=1S/C28H26N4O4/c1-28(2)13-18(33)24-21(14-28)36-27-25(23(24)17-9-5-4-6-10-17)26-30-22(31-32(26)16-29-27)15-35-20-12-8-7-11-19(20)34-3/h4-12,16,23H,13-15H2,1-3H3/t23-/m0/s1. The highest BCUT2D eigenvalue weighted by molar-refractivity contribution is 6.00. The summed E-state index contributed by atoms with van der Waals surface area (Å²) < 4.78 is 19.2. The Morgan fingerprint density at radius 2 is 1.81 bits per heavy atom. The number of Topliss-reactive ketones (excluding diaryl/α,β-unsaturated/α-hetero) is 1. The lowest BCUT2D eigenvalue weighted by atomic mass is 9.70. The number of nitrogens with zero attached hydrogens (tertiary/aromatic N) is 4. The fourth-order valence-electron chi connectivity index (χ4n) is 5.11. The summed E-state index contributed by atoms with van der Waals surface area (Å²) in [4.78, 5) is 22.8. The van der Waals surface area contributed by atoms with Gasteiger partial charge in [0.2, 0.25) is 5.88 Å². The van der Waals surface area contributed by atoms with Crippen molar-refractivity contribution < 1.29 is 19.0 Å². The third kappa shape index (κ3) is 3.79. The summed E-state index contributed by atoms with van der Waals surface area (Å²) >= 11 is 0. The number of aromatic nitrogens is 4. The van der Waals surface area contributed by atoms with Gasteiger partial charge in [-0.25, -0.2) is 14.5 Å². The number of hydrogen-bond donors (Lipinski definition) is 0. The highest BCUT2D eigenvalue weighted by atomic mass is 16.5. The van der Waals surface area contributed by atoms with Crippen LogP contribution in [0.25, 0.3) is 5.65 Å². The van der Waals surface area contributed by atoms with E-state index in [1.807, 2.05) is 54.6 Å². The zero-order valence-electron chi connectivity index (χ0n) is 20.4. The van der Waals surface area contributed by atoms with Gasteiger partial charge in [0, 0.05) is 24.3 Å². The van der Waals surface area contributed by atoms with Crippen molar-refractivity contribution in [1.29, 1.82) is 0 Å². The van der Waals surface area contributed by atoms with Crippen molar-refractivity contribution in [3.05, 3.63) is 89.2 Å². The van der Waals surface area contributed by atoms with Gasteiger partial charge in [-0.2, -0.15) is 0 Å². The number of ketones is 1. The molecule has 182 valence electrons. The van der Waals surface area contributed by atoms with Gasteiger partial charge in [-0.05, 0) is 23.1 Å². The number of carbonyl (C=O) groups is 1. The zero-order valence-corrected chi connectivity index (χ0v) is 20.4. The summed E-state index contributed by atoms with van der Waals surface area (Å²) in [6.45, 7) is 4.33. The van der Waals surface area contributed by atoms with Gasteiger partial charge >= 0.3 is 0 Å². The van der Waals surface area contributed by atoms with E-state index in [-0.39, 0.29) is 23.7 Å². The minimum atomic E-state index is -0.336. The molecule has 3 heterocycles. The van der Waals surface area contributed by atoms with Crippen molar-refractivity contribution in [2.24, 2.45) is 5.41 Å². The van der Waals surface area contributed by atoms with Crippen molar-refractivity contribution >= 4 is 11.4 Å². The van der Waals surface area contributed by atoms with Gasteiger partial charge in [0.25, 0.3) is 0 Å². The third-order valence-corrected chi connectivity index (χ3v) is 6.67. The lowest BCUT2D eigenvalue weighted by Gasteiger charge is -2.37. The molecule has 0 unspecified atom stereocenters. The maximum Gasteiger partial charge on any atom is 0.228 e. The van der Waals surface area contributed by atoms with Gasteiger partial charge in [0.1, 0.15) is 18.7 Å². The number of allylic oxidation sites excluding steroid dienone is 2. The topological polar surface area (TPSA) is 87.8 Å². The summed E-state index contributed by atoms with van der Waals surface area (Å²) in [6, 6.07) is 17.4. The van der Waals surface area contributed by atoms with Gasteiger partial charge in [-0.3, -0.25) is 4.79 Å². The van der Waals surface area contributed by atoms with E-state index in [1.54, 1.807) is 18.0 Å². The van der Waals surface area contributed by atoms with Crippen molar-refractivity contribution in [2.75, 3.05) is 7.11 Å². The first-order valence-electron chi connectivity index (χ1n) is 11.9. The number of rotatable bonds is 5. The second kappa shape index (κ2) is 8.48. The molecule has 0 saturated heterocycles. The number of ether oxygens (including phenoxy) is 3. The molecule has 2 aromatic carbocycles. The average Bonchev–Trinajstić information content (AvgIpc) is 3.29. The molecule has 2 aromatic heterocycles. The first-order valence-corrected chi connectivity index (χ1v) is 11.9. The predicted octanol–water partition coefficient (Wildman–Crippen LogP) is 4.88. The molecule has 0 N–H and O–H groups in total. The second-order valence-corrected chi connectivity index (χ2v) is 9.92. The molecule has 8 nitrogen and oxygen atoms in total. The van der Waals surface area contributed by atoms with Crippen LogP contribution in [0.3, 0.4) is 0 Å². The van der Waals surface area contributed by atoms with Crippen molar-refractivity contribution in [2.45, 2.75) is 39.2 Å². The van der Waals surface area contributed by atoms with Gasteiger partial charge in [0.15, 0.2) is 28.8 Å². The lowest BCUT2D eigenvalue weighted by Crippen LogP contribution is -2.33. The van der Waals surface area contributed by atoms with Crippen molar-refractivity contribution in [3.63, 3.8) is 0 Å². The second-order valence-electron chi connectivity index (χ2n) is 9.92. The fraction of sp³-hybridized carbons (Fsp3) is 0.286. The maximum absolute atomic E-state index is 13.5. The molecule has 36 heavy (non-hydrogen) atoms. The molecule has 2 aliphatic rings. The number of methoxy groups -OCH3 is 1. The number of benzene rings is 2. The van der Waals surface area contributed by atoms with Crippen LogP contribution in [0, 0.1) is 5.41 Å². The largest absolute Gasteiger partial charge is 0.493 e. The molecule has 1 aliphatic carbocycles. The molecule has 0 saturated carbocycles. The van der Waals surface area contributed by atoms with E-state index >= 15 is 0 Å². The van der Waals surface area contributed by atoms with Crippen LogP contribution in [0.2, 0.25) is 0 Å². The Labute approximate surface area is 208 Å². The van der Waals surface area contributed by atoms with Crippen LogP contribution in [0.4, 0.5) is 0 Å². The van der Waals surface area contributed by atoms with E-state index in [4.69, 9.17) is 19.2 Å². The molecule has 1 atom stereocenters. The molecule has 8 heteroatoms. The molecule has 0 radical (unpaired) electrons. The van der Waals surface area contributed by atoms with Crippen LogP contribution in [-0.2, 0) is 11.4 Å². The SMILES string of the molecule is COc1ccccc1OCc1nc2c3c(ncn2n1)OC1=C(C(=O)CC(C)(C)C1)[C@@H]3c1ccccc1. The third-order valence-electron chi connectivity index (χ3n) is 6.67. The van der Waals surface area contributed by atoms with Crippen molar-refractivity contribution in [3.8, 4) is 17.4 Å². The van der Waals surface area contributed by atoms with Crippen LogP contribution in [0.5, 0.6) is 17.4 Å². The van der Waals surface area contributed by atoms with Gasteiger partial charge < -0.3 is 14.2 Å². The number of carbonyl (C=O) groups excluding carboxylic acids is 1. The molecule has 4 aromatic rings. The van der Waals surface area contributed by atoms with Crippen LogP contribution in [0.1, 0.15) is 49.6 Å². The molecular weight excluding hydrogens is 456 g/mol. The molecule has 0 bridgehead atoms. The number of para-hydroxylation sites is 2. The summed E-state index contributed by atoms with van der Waals surface area (Å²) in [6.07, 6.45) is 2.74. The summed E-state index contributed by atoms with van der Waals surface area (Å²) in [5, 5.41) is 4.59. The fourth-order valence-corrected chi connectivity index (χ4v) is 5.11. The minimum Gasteiger partial charge on any atom is -0.493 e. The van der Waals surface area contributed by atoms with Gasteiger partial charge in [-0.1, -0.05) is 56.3 Å². The number of hydrogen-bond acceptors (Lipinski definition) is 7. The Hall–Kier alpha value is -4.20. The lowest BCUT2D eigenvalue weighted by molar-refractivity contribution is -0.118. The van der Waals surface area contributed by atoms with Crippen LogP contribution in [0.15, 0.2) is 72.3 Å². The summed E-state index contributed by atoms with van der Waals surface area (Å²) in [7, 11) is 1.60. The van der Waals surface area contributed by atoms with E-state index in [9.17, 15) is 4.79 Å². The maximum atomic E-state index is 13.5. The smallest absolute Gasteiger partial charge is 0.228 e. The quantitative estimate of drug-likeness (QED) is 0.401. The van der Waals surface area contributed by atoms with E-state index < -0.39 is 0 Å². The average molecular weight is 483 g/mol. The Balaban J connectivity index is 1.45. The summed E-state index contributed by atoms with van der Waals surface area (Å²) in [5.41, 5.74) is 2.85. The van der Waals surface area contributed by atoms with Crippen LogP contribution >= 0.6 is 0 Å². The highest BCUT2D eigenvalue weighted by Crippen LogP contribution is 2.50. The molecule has 0 spiro atoms. The van der Waals surface area contributed by atoms with E-state index in [1.165, 1.54) is 0 Å². The van der Waals surface area contributed by atoms with E-state index in [0.29, 0.717) is 53.0 Å². The molecule has 0 fully saturated rings. The summed E-state index contributed by atoms with van der Waals surface area (Å²) in [5.74, 6) is 2.66. The van der Waals surface area contributed by atoms with E-state index in [0.717, 1.165) is 11.1 Å². The predicted molar refractivity (Wildman–Crippen MR) is 132 cm³/mol. The van der Waals surface area contributed by atoms with Gasteiger partial charge in [-0.15, -0.1) is 5.10 Å². The molecular formula is C28H26N4O4. The molecule has 6 rings (SSSR count). The minimum absolute atomic E-state index is 0.0991. The normalized spacial score (nSPS) is 18.4. The van der Waals surface area contributed by atoms with Crippen molar-refractivity contribution in [1.82, 2.24) is 19.6 Å². The highest BCUT2D eigenvalue weighted by Gasteiger charge is 2.43. The molecule has 0 amide bonds. The molecule has 1 aliphatic heterocycles. The number of fused-ring (bicyclic) bond motifs is 3. The Bertz CT molecular complexity index is 1510. The first-order chi connectivity index (χ1) is 17.4. The monoisotopic (exact) mass is 482 g/mol. The Kier molecular flexibility index (Phi) is 5.25. The first kappa shape index (κ1) is 22.3. The Morgan fingerprint density at radius 1 is 1.06 bits per heavy atom.